The lowest BCUT2D eigenvalue weighted by Crippen LogP contribution is -2.41. The summed E-state index contributed by atoms with van der Waals surface area (Å²) in [4.78, 5) is 68.1. The van der Waals surface area contributed by atoms with Crippen LogP contribution in [0.5, 0.6) is 0 Å². The Hall–Kier alpha value is -5.07. The normalized spacial score (nSPS) is 18.8. The van der Waals surface area contributed by atoms with Crippen LogP contribution in [0.2, 0.25) is 0 Å². The van der Waals surface area contributed by atoms with Crippen LogP contribution in [-0.4, -0.2) is 63.9 Å². The number of carbonyl (C=O) groups excluding carboxylic acids is 4. The van der Waals surface area contributed by atoms with Crippen molar-refractivity contribution in [2.24, 2.45) is 0 Å². The molecule has 11 nitrogen and oxygen atoms in total. The van der Waals surface area contributed by atoms with Gasteiger partial charge < -0.3 is 18.9 Å². The van der Waals surface area contributed by atoms with Crippen molar-refractivity contribution in [1.29, 1.82) is 0 Å². The fourth-order valence-corrected chi connectivity index (χ4v) is 5.59. The van der Waals surface area contributed by atoms with E-state index in [4.69, 9.17) is 18.9 Å². The molecular weight excluding hydrogens is 612 g/mol. The first kappa shape index (κ1) is 32.3. The molecule has 0 radical (unpaired) electrons. The van der Waals surface area contributed by atoms with Crippen LogP contribution in [0.3, 0.4) is 0 Å². The number of aromatic nitrogens is 2. The maximum atomic E-state index is 13.4. The zero-order valence-corrected chi connectivity index (χ0v) is 25.5. The van der Waals surface area contributed by atoms with Gasteiger partial charge >= 0.3 is 17.9 Å². The van der Waals surface area contributed by atoms with E-state index >= 15 is 0 Å². The fraction of sp³-hybridized carbons (Fsp3) is 0.235. The predicted octanol–water partition coefficient (Wildman–Crippen LogP) is 4.52. The molecular formula is C34H30N2O9S. The van der Waals surface area contributed by atoms with Crippen molar-refractivity contribution in [3.05, 3.63) is 130 Å². The smallest absolute Gasteiger partial charge is 0.338 e. The summed E-state index contributed by atoms with van der Waals surface area (Å²) in [6.45, 7) is 1.35. The first-order chi connectivity index (χ1) is 22.3. The first-order valence-corrected chi connectivity index (χ1v) is 15.5. The molecule has 5 rings (SSSR count). The largest absolute Gasteiger partial charge is 0.459 e. The molecule has 0 unspecified atom stereocenters. The van der Waals surface area contributed by atoms with Crippen LogP contribution in [0.4, 0.5) is 0 Å². The van der Waals surface area contributed by atoms with Crippen molar-refractivity contribution in [1.82, 2.24) is 9.55 Å². The van der Waals surface area contributed by atoms with Gasteiger partial charge in [0.05, 0.1) is 22.4 Å². The monoisotopic (exact) mass is 642 g/mol. The molecule has 0 aliphatic carbocycles. The van der Waals surface area contributed by atoms with E-state index in [2.05, 4.69) is 4.98 Å². The number of thioether (sulfide) groups is 1. The van der Waals surface area contributed by atoms with E-state index in [1.807, 2.05) is 0 Å². The maximum absolute atomic E-state index is 13.4. The highest BCUT2D eigenvalue weighted by Crippen LogP contribution is 2.37. The third kappa shape index (κ3) is 7.95. The van der Waals surface area contributed by atoms with Gasteiger partial charge in [-0.3, -0.25) is 14.2 Å². The number of Topliss-reactive ketones (excluding diaryl/α,β-unsaturated/α-hetero) is 1. The molecule has 46 heavy (non-hydrogen) atoms. The van der Waals surface area contributed by atoms with Crippen molar-refractivity contribution in [3.8, 4) is 0 Å². The van der Waals surface area contributed by atoms with Crippen LogP contribution in [0.15, 0.2) is 113 Å². The van der Waals surface area contributed by atoms with E-state index in [-0.39, 0.29) is 40.8 Å². The van der Waals surface area contributed by atoms with Gasteiger partial charge in [0, 0.05) is 18.7 Å². The summed E-state index contributed by atoms with van der Waals surface area (Å²) in [5.74, 6) is -2.15. The third-order valence-corrected chi connectivity index (χ3v) is 8.04. The summed E-state index contributed by atoms with van der Waals surface area (Å²) in [6, 6.07) is 25.9. The van der Waals surface area contributed by atoms with E-state index in [9.17, 15) is 24.0 Å². The number of hydrogen-bond acceptors (Lipinski definition) is 11. The zero-order valence-electron chi connectivity index (χ0n) is 24.7. The molecule has 12 heteroatoms. The number of rotatable bonds is 12. The lowest BCUT2D eigenvalue weighted by molar-refractivity contribution is -0.116. The van der Waals surface area contributed by atoms with Crippen molar-refractivity contribution >= 4 is 35.5 Å². The van der Waals surface area contributed by atoms with Gasteiger partial charge in [-0.1, -0.05) is 73.3 Å². The minimum atomic E-state index is -1.30. The van der Waals surface area contributed by atoms with Crippen LogP contribution in [0.1, 0.15) is 50.6 Å². The van der Waals surface area contributed by atoms with E-state index in [0.29, 0.717) is 5.56 Å². The van der Waals surface area contributed by atoms with Crippen LogP contribution in [0, 0.1) is 0 Å². The second-order valence-corrected chi connectivity index (χ2v) is 11.1. The minimum Gasteiger partial charge on any atom is -0.459 e. The Morgan fingerprint density at radius 3 is 1.83 bits per heavy atom. The molecule has 0 N–H and O–H groups in total. The van der Waals surface area contributed by atoms with Crippen molar-refractivity contribution in [2.45, 2.75) is 43.0 Å². The predicted molar refractivity (Wildman–Crippen MR) is 166 cm³/mol. The Labute approximate surface area is 268 Å². The second kappa shape index (κ2) is 15.3. The molecule has 1 aromatic heterocycles. The molecule has 236 valence electrons. The molecule has 2 heterocycles. The summed E-state index contributed by atoms with van der Waals surface area (Å²) >= 11 is 1.02. The Balaban J connectivity index is 1.53. The summed E-state index contributed by atoms with van der Waals surface area (Å²) in [5.41, 5.74) is 0.206. The van der Waals surface area contributed by atoms with Crippen LogP contribution < -0.4 is 5.56 Å². The average Bonchev–Trinajstić information content (AvgIpc) is 3.42. The highest BCUT2D eigenvalue weighted by Gasteiger charge is 2.51. The molecule has 0 saturated carbocycles. The molecule has 0 amide bonds. The molecule has 1 fully saturated rings. The van der Waals surface area contributed by atoms with Gasteiger partial charge in [0.15, 0.2) is 23.6 Å². The lowest BCUT2D eigenvalue weighted by atomic mass is 10.1. The van der Waals surface area contributed by atoms with E-state index in [1.54, 1.807) is 97.9 Å². The number of ketones is 1. The standard InChI is InChI=1S/C34H30N2O9S/c1-2-25(37)21-46-34-35-27(38)18-19-36(34)30-29(45-33(41)24-16-10-5-11-17-24)28(44-32(40)23-14-8-4-9-15-23)26(43-30)20-42-31(39)22-12-6-3-7-13-22/h3-19,26,28-30H,2,20-21H2,1H3/t26-,28-,29-,30-/m1/s1. The van der Waals surface area contributed by atoms with E-state index in [0.717, 1.165) is 11.8 Å². The van der Waals surface area contributed by atoms with E-state index in [1.165, 1.54) is 16.8 Å². The van der Waals surface area contributed by atoms with Gasteiger partial charge in [-0.2, -0.15) is 4.98 Å². The highest BCUT2D eigenvalue weighted by molar-refractivity contribution is 7.99. The maximum Gasteiger partial charge on any atom is 0.338 e. The van der Waals surface area contributed by atoms with Gasteiger partial charge in [0.2, 0.25) is 0 Å². The molecule has 4 aromatic rings. The summed E-state index contributed by atoms with van der Waals surface area (Å²) in [5, 5.41) is 0.120. The van der Waals surface area contributed by atoms with Gasteiger partial charge in [-0.15, -0.1) is 0 Å². The second-order valence-electron chi connectivity index (χ2n) is 10.1. The highest BCUT2D eigenvalue weighted by atomic mass is 32.2. The van der Waals surface area contributed by atoms with Crippen LogP contribution >= 0.6 is 11.8 Å². The van der Waals surface area contributed by atoms with Crippen molar-refractivity contribution in [3.63, 3.8) is 0 Å². The molecule has 1 aliphatic heterocycles. The van der Waals surface area contributed by atoms with Gasteiger partial charge in [0.25, 0.3) is 5.56 Å². The Morgan fingerprint density at radius 2 is 1.28 bits per heavy atom. The number of esters is 3. The summed E-state index contributed by atoms with van der Waals surface area (Å²) < 4.78 is 25.3. The van der Waals surface area contributed by atoms with E-state index < -0.39 is 48.0 Å². The molecule has 4 atom stereocenters. The number of hydrogen-bond donors (Lipinski definition) is 0. The topological polar surface area (TPSA) is 140 Å². The lowest BCUT2D eigenvalue weighted by Gasteiger charge is -2.26. The quantitative estimate of drug-likeness (QED) is 0.0933. The Kier molecular flexibility index (Phi) is 10.7. The molecule has 1 aliphatic rings. The number of carbonyl (C=O) groups is 4. The minimum absolute atomic E-state index is 0.0265. The van der Waals surface area contributed by atoms with Gasteiger partial charge in [-0.05, 0) is 36.4 Å². The summed E-state index contributed by atoms with van der Waals surface area (Å²) in [7, 11) is 0. The van der Waals surface area contributed by atoms with Crippen LogP contribution in [0.25, 0.3) is 0 Å². The third-order valence-electron chi connectivity index (χ3n) is 7.01. The number of nitrogens with zero attached hydrogens (tertiary/aromatic N) is 2. The fourth-order valence-electron chi connectivity index (χ4n) is 4.63. The summed E-state index contributed by atoms with van der Waals surface area (Å²) in [6.07, 6.45) is -3.21. The number of benzene rings is 3. The van der Waals surface area contributed by atoms with Gasteiger partial charge in [0.1, 0.15) is 18.5 Å². The first-order valence-electron chi connectivity index (χ1n) is 14.5. The average molecular weight is 643 g/mol. The molecule has 1 saturated heterocycles. The number of ether oxygens (including phenoxy) is 4. The zero-order chi connectivity index (χ0) is 32.5. The van der Waals surface area contributed by atoms with Gasteiger partial charge in [-0.25, -0.2) is 14.4 Å². The van der Waals surface area contributed by atoms with Crippen LogP contribution in [-0.2, 0) is 23.7 Å². The molecule has 0 bridgehead atoms. The van der Waals surface area contributed by atoms with Crippen molar-refractivity contribution < 1.29 is 38.1 Å². The molecule has 3 aromatic carbocycles. The SMILES string of the molecule is CCC(=O)CSc1nc(=O)ccn1[C@@H]1O[C@H](COC(=O)c2ccccc2)[C@@H](OC(=O)c2ccccc2)[C@H]1OC(=O)c1ccccc1. The Bertz CT molecular complexity index is 1730. The Morgan fingerprint density at radius 1 is 0.761 bits per heavy atom. The van der Waals surface area contributed by atoms with Crippen molar-refractivity contribution in [2.75, 3.05) is 12.4 Å². The molecule has 0 spiro atoms.